The molecular formula is C18H29N3O3. The van der Waals surface area contributed by atoms with Gasteiger partial charge in [0, 0.05) is 65.4 Å². The van der Waals surface area contributed by atoms with Crippen LogP contribution in [0.5, 0.6) is 0 Å². The maximum absolute atomic E-state index is 11.8. The Morgan fingerprint density at radius 1 is 1.33 bits per heavy atom. The number of carbonyl (C=O) groups is 1. The number of nitrogens with zero attached hydrogens (tertiary/aromatic N) is 3. The van der Waals surface area contributed by atoms with Gasteiger partial charge in [-0.05, 0) is 30.9 Å². The van der Waals surface area contributed by atoms with E-state index in [-0.39, 0.29) is 18.6 Å². The first-order valence-corrected chi connectivity index (χ1v) is 8.87. The highest BCUT2D eigenvalue weighted by molar-refractivity contribution is 5.76. The first-order chi connectivity index (χ1) is 11.6. The van der Waals surface area contributed by atoms with E-state index in [1.807, 2.05) is 0 Å². The largest absolute Gasteiger partial charge is 0.381 e. The molecule has 0 N–H and O–H groups in total. The summed E-state index contributed by atoms with van der Waals surface area (Å²) in [6, 6.07) is 4.28. The molecule has 1 amide bonds. The highest BCUT2D eigenvalue weighted by atomic mass is 16.5. The Morgan fingerprint density at radius 2 is 2.12 bits per heavy atom. The molecule has 0 aromatic carbocycles. The van der Waals surface area contributed by atoms with Crippen LogP contribution >= 0.6 is 0 Å². The van der Waals surface area contributed by atoms with Crippen LogP contribution in [-0.4, -0.2) is 73.4 Å². The average Bonchev–Trinajstić information content (AvgIpc) is 2.93. The molecule has 1 aromatic rings. The number of hydrogen-bond donors (Lipinski definition) is 0. The van der Waals surface area contributed by atoms with E-state index in [9.17, 15) is 4.79 Å². The summed E-state index contributed by atoms with van der Waals surface area (Å²) in [5, 5.41) is 0. The minimum atomic E-state index is 0.0166. The zero-order valence-corrected chi connectivity index (χ0v) is 14.8. The van der Waals surface area contributed by atoms with Gasteiger partial charge in [0.2, 0.25) is 5.91 Å². The monoisotopic (exact) mass is 335 g/mol. The number of carbonyl (C=O) groups excluding carboxylic acids is 1. The van der Waals surface area contributed by atoms with Gasteiger partial charge in [0.05, 0.1) is 6.10 Å². The van der Waals surface area contributed by atoms with Gasteiger partial charge in [-0.2, -0.15) is 0 Å². The van der Waals surface area contributed by atoms with E-state index in [0.29, 0.717) is 5.92 Å². The molecule has 1 saturated heterocycles. The summed E-state index contributed by atoms with van der Waals surface area (Å²) in [5.74, 6) is 0.715. The maximum Gasteiger partial charge on any atom is 0.248 e. The van der Waals surface area contributed by atoms with Crippen molar-refractivity contribution in [3.05, 3.63) is 24.0 Å². The molecule has 1 aromatic heterocycles. The molecule has 0 saturated carbocycles. The first-order valence-electron chi connectivity index (χ1n) is 8.87. The van der Waals surface area contributed by atoms with Crippen molar-refractivity contribution < 1.29 is 14.3 Å². The summed E-state index contributed by atoms with van der Waals surface area (Å²) >= 11 is 0. The van der Waals surface area contributed by atoms with Gasteiger partial charge in [-0.15, -0.1) is 0 Å². The lowest BCUT2D eigenvalue weighted by atomic mass is 9.99. The number of ether oxygens (including phenoxy) is 2. The lowest BCUT2D eigenvalue weighted by Crippen LogP contribution is -2.39. The number of hydrogen-bond acceptors (Lipinski definition) is 4. The second kappa shape index (κ2) is 8.14. The van der Waals surface area contributed by atoms with Crippen LogP contribution in [0.2, 0.25) is 0 Å². The number of rotatable bonds is 5. The molecule has 0 bridgehead atoms. The zero-order valence-electron chi connectivity index (χ0n) is 14.8. The lowest BCUT2D eigenvalue weighted by molar-refractivity contribution is -0.136. The summed E-state index contributed by atoms with van der Waals surface area (Å²) in [7, 11) is 3.53. The number of likely N-dealkylation sites (N-methyl/N-ethyl adjacent to an activating group) is 1. The highest BCUT2D eigenvalue weighted by Gasteiger charge is 2.25. The molecule has 24 heavy (non-hydrogen) atoms. The van der Waals surface area contributed by atoms with Crippen molar-refractivity contribution in [1.29, 1.82) is 0 Å². The molecule has 0 aliphatic carbocycles. The van der Waals surface area contributed by atoms with Gasteiger partial charge in [0.25, 0.3) is 0 Å². The van der Waals surface area contributed by atoms with E-state index >= 15 is 0 Å². The van der Waals surface area contributed by atoms with Crippen LogP contribution in [0.1, 0.15) is 18.5 Å². The fraction of sp³-hybridized carbons (Fsp3) is 0.722. The SMILES string of the molecule is CN(C)C(=O)COC1CN(CC2CCOCC2)Cc2cccn2C1. The van der Waals surface area contributed by atoms with Gasteiger partial charge in [-0.1, -0.05) is 0 Å². The van der Waals surface area contributed by atoms with Crippen molar-refractivity contribution in [2.24, 2.45) is 5.92 Å². The van der Waals surface area contributed by atoms with Crippen molar-refractivity contribution in [2.75, 3.05) is 47.0 Å². The predicted octanol–water partition coefficient (Wildman–Crippen LogP) is 1.20. The zero-order chi connectivity index (χ0) is 16.9. The summed E-state index contributed by atoms with van der Waals surface area (Å²) in [4.78, 5) is 15.9. The number of fused-ring (bicyclic) bond motifs is 1. The van der Waals surface area contributed by atoms with E-state index in [1.165, 1.54) is 5.69 Å². The second-order valence-electron chi connectivity index (χ2n) is 7.12. The fourth-order valence-corrected chi connectivity index (χ4v) is 3.49. The van der Waals surface area contributed by atoms with Crippen molar-refractivity contribution >= 4 is 5.91 Å². The maximum atomic E-state index is 11.8. The molecule has 2 aliphatic heterocycles. The van der Waals surface area contributed by atoms with Crippen LogP contribution in [0.25, 0.3) is 0 Å². The van der Waals surface area contributed by atoms with Gasteiger partial charge < -0.3 is 18.9 Å². The van der Waals surface area contributed by atoms with Crippen molar-refractivity contribution in [1.82, 2.24) is 14.4 Å². The quantitative estimate of drug-likeness (QED) is 0.811. The topological polar surface area (TPSA) is 46.9 Å². The summed E-state index contributed by atoms with van der Waals surface area (Å²) in [6.07, 6.45) is 4.43. The third-order valence-corrected chi connectivity index (χ3v) is 4.97. The Morgan fingerprint density at radius 3 is 2.88 bits per heavy atom. The molecule has 1 unspecified atom stereocenters. The van der Waals surface area contributed by atoms with E-state index in [0.717, 1.165) is 52.2 Å². The Bertz CT molecular complexity index is 537. The molecule has 1 fully saturated rings. The minimum absolute atomic E-state index is 0.0166. The Kier molecular flexibility index (Phi) is 5.92. The summed E-state index contributed by atoms with van der Waals surface area (Å²) < 4.78 is 13.7. The van der Waals surface area contributed by atoms with Crippen LogP contribution in [0, 0.1) is 5.92 Å². The number of aromatic nitrogens is 1. The van der Waals surface area contributed by atoms with E-state index in [4.69, 9.17) is 9.47 Å². The number of amides is 1. The van der Waals surface area contributed by atoms with Crippen molar-refractivity contribution in [3.8, 4) is 0 Å². The van der Waals surface area contributed by atoms with Crippen LogP contribution in [-0.2, 0) is 27.4 Å². The second-order valence-corrected chi connectivity index (χ2v) is 7.12. The third-order valence-electron chi connectivity index (χ3n) is 4.97. The molecule has 6 nitrogen and oxygen atoms in total. The van der Waals surface area contributed by atoms with Gasteiger partial charge in [-0.3, -0.25) is 9.69 Å². The molecule has 6 heteroatoms. The molecular weight excluding hydrogens is 306 g/mol. The van der Waals surface area contributed by atoms with Crippen molar-refractivity contribution in [3.63, 3.8) is 0 Å². The normalized spacial score (nSPS) is 22.8. The van der Waals surface area contributed by atoms with Gasteiger partial charge >= 0.3 is 0 Å². The smallest absolute Gasteiger partial charge is 0.248 e. The van der Waals surface area contributed by atoms with Crippen LogP contribution in [0.3, 0.4) is 0 Å². The Labute approximate surface area is 144 Å². The van der Waals surface area contributed by atoms with Crippen molar-refractivity contribution in [2.45, 2.75) is 32.0 Å². The molecule has 0 spiro atoms. The minimum Gasteiger partial charge on any atom is -0.381 e. The summed E-state index contributed by atoms with van der Waals surface area (Å²) in [5.41, 5.74) is 1.33. The summed E-state index contributed by atoms with van der Waals surface area (Å²) in [6.45, 7) is 5.63. The predicted molar refractivity (Wildman–Crippen MR) is 91.7 cm³/mol. The third kappa shape index (κ3) is 4.59. The van der Waals surface area contributed by atoms with Gasteiger partial charge in [0.1, 0.15) is 6.61 Å². The average molecular weight is 335 g/mol. The Hall–Kier alpha value is -1.37. The molecule has 2 aliphatic rings. The standard InChI is InChI=1S/C18H29N3O3/c1-19(2)18(22)14-24-17-12-20(10-15-5-8-23-9-6-15)11-16-4-3-7-21(16)13-17/h3-4,7,15,17H,5-6,8-14H2,1-2H3. The van der Waals surface area contributed by atoms with Gasteiger partial charge in [0.15, 0.2) is 0 Å². The molecule has 0 radical (unpaired) electrons. The molecule has 134 valence electrons. The van der Waals surface area contributed by atoms with Gasteiger partial charge in [-0.25, -0.2) is 0 Å². The van der Waals surface area contributed by atoms with Crippen LogP contribution in [0.4, 0.5) is 0 Å². The fourth-order valence-electron chi connectivity index (χ4n) is 3.49. The Balaban J connectivity index is 1.62. The molecule has 1 atom stereocenters. The highest BCUT2D eigenvalue weighted by Crippen LogP contribution is 2.21. The van der Waals surface area contributed by atoms with E-state index in [2.05, 4.69) is 27.8 Å². The van der Waals surface area contributed by atoms with Crippen LogP contribution < -0.4 is 0 Å². The first kappa shape index (κ1) is 17.5. The van der Waals surface area contributed by atoms with E-state index < -0.39 is 0 Å². The van der Waals surface area contributed by atoms with Crippen LogP contribution in [0.15, 0.2) is 18.3 Å². The van der Waals surface area contributed by atoms with E-state index in [1.54, 1.807) is 19.0 Å². The lowest BCUT2D eigenvalue weighted by Gasteiger charge is -2.30. The molecule has 3 heterocycles. The molecule has 3 rings (SSSR count).